The van der Waals surface area contributed by atoms with Crippen LogP contribution in [-0.4, -0.2) is 53.4 Å². The van der Waals surface area contributed by atoms with E-state index in [2.05, 4.69) is 39.4 Å². The van der Waals surface area contributed by atoms with Crippen LogP contribution in [-0.2, 0) is 11.3 Å². The maximum Gasteiger partial charge on any atom is 0.293 e. The van der Waals surface area contributed by atoms with E-state index in [0.717, 1.165) is 50.3 Å². The van der Waals surface area contributed by atoms with Gasteiger partial charge in [-0.2, -0.15) is 0 Å². The Balaban J connectivity index is 1.58. The predicted octanol–water partition coefficient (Wildman–Crippen LogP) is 3.36. The van der Waals surface area contributed by atoms with Gasteiger partial charge >= 0.3 is 0 Å². The quantitative estimate of drug-likeness (QED) is 0.598. The van der Waals surface area contributed by atoms with Crippen molar-refractivity contribution in [3.63, 3.8) is 0 Å². The Morgan fingerprint density at radius 1 is 1.03 bits per heavy atom. The number of anilines is 1. The number of aryl methyl sites for hydroxylation is 1. The van der Waals surface area contributed by atoms with Crippen molar-refractivity contribution >= 4 is 17.3 Å². The number of nitrogens with zero attached hydrogens (tertiary/aromatic N) is 3. The van der Waals surface area contributed by atoms with E-state index in [0.29, 0.717) is 5.69 Å². The third-order valence-electron chi connectivity index (χ3n) is 5.47. The monoisotopic (exact) mass is 396 g/mol. The molecular formula is C22H28N4O3. The minimum Gasteiger partial charge on any atom is -0.319 e. The van der Waals surface area contributed by atoms with Gasteiger partial charge in [0.05, 0.1) is 11.5 Å². The zero-order valence-electron chi connectivity index (χ0n) is 17.1. The second-order valence-corrected chi connectivity index (χ2v) is 7.60. The van der Waals surface area contributed by atoms with Crippen LogP contribution in [0.1, 0.15) is 23.1 Å². The Bertz CT molecular complexity index is 870. The third kappa shape index (κ3) is 5.62. The second-order valence-electron chi connectivity index (χ2n) is 7.60. The van der Waals surface area contributed by atoms with E-state index in [1.165, 1.54) is 11.6 Å². The number of benzene rings is 2. The number of rotatable bonds is 6. The largest absolute Gasteiger partial charge is 0.319 e. The summed E-state index contributed by atoms with van der Waals surface area (Å²) in [4.78, 5) is 28.0. The number of nitro groups is 1. The summed E-state index contributed by atoms with van der Waals surface area (Å²) < 4.78 is 0. The van der Waals surface area contributed by atoms with Crippen LogP contribution in [0.3, 0.4) is 0 Å². The van der Waals surface area contributed by atoms with Crippen molar-refractivity contribution in [3.8, 4) is 0 Å². The summed E-state index contributed by atoms with van der Waals surface area (Å²) in [6.45, 7) is 8.36. The number of nitrogens with one attached hydrogen (secondary N) is 1. The van der Waals surface area contributed by atoms with Crippen LogP contribution in [0.15, 0.2) is 42.5 Å². The predicted molar refractivity (Wildman–Crippen MR) is 114 cm³/mol. The highest BCUT2D eigenvalue weighted by molar-refractivity contribution is 5.95. The number of carbonyl (C=O) groups excluding carboxylic acids is 1. The van der Waals surface area contributed by atoms with Gasteiger partial charge in [0.25, 0.3) is 5.69 Å². The topological polar surface area (TPSA) is 78.7 Å². The summed E-state index contributed by atoms with van der Waals surface area (Å²) in [5.41, 5.74) is 3.18. The van der Waals surface area contributed by atoms with Crippen molar-refractivity contribution in [2.24, 2.45) is 0 Å². The molecule has 0 saturated carbocycles. The lowest BCUT2D eigenvalue weighted by Crippen LogP contribution is -2.36. The molecule has 1 aliphatic rings. The lowest BCUT2D eigenvalue weighted by Gasteiger charge is -2.21. The van der Waals surface area contributed by atoms with Crippen LogP contribution in [0.25, 0.3) is 0 Å². The first-order valence-corrected chi connectivity index (χ1v) is 9.97. The summed E-state index contributed by atoms with van der Waals surface area (Å²) in [5.74, 6) is -0.210. The molecule has 1 saturated heterocycles. The molecule has 2 aromatic rings. The lowest BCUT2D eigenvalue weighted by atomic mass is 10.1. The SMILES string of the molecule is Cc1ccc([N+](=O)[O-])c(NC(=O)CN2CCCN(Cc3ccccc3)CC2)c1C. The van der Waals surface area contributed by atoms with Crippen LogP contribution in [0.5, 0.6) is 0 Å². The fourth-order valence-corrected chi connectivity index (χ4v) is 3.68. The van der Waals surface area contributed by atoms with E-state index in [1.54, 1.807) is 13.0 Å². The standard InChI is InChI=1S/C22H28N4O3/c1-17-9-10-20(26(28)29)22(18(17)2)23-21(27)16-25-12-6-11-24(13-14-25)15-19-7-4-3-5-8-19/h3-5,7-10H,6,11-16H2,1-2H3,(H,23,27). The molecule has 0 aliphatic carbocycles. The molecule has 1 heterocycles. The molecule has 29 heavy (non-hydrogen) atoms. The molecule has 1 N–H and O–H groups in total. The summed E-state index contributed by atoms with van der Waals surface area (Å²) in [7, 11) is 0. The Kier molecular flexibility index (Phi) is 6.95. The van der Waals surface area contributed by atoms with Crippen molar-refractivity contribution in [3.05, 3.63) is 69.3 Å². The van der Waals surface area contributed by atoms with Crippen LogP contribution in [0.2, 0.25) is 0 Å². The van der Waals surface area contributed by atoms with Crippen molar-refractivity contribution in [1.29, 1.82) is 0 Å². The van der Waals surface area contributed by atoms with Crippen LogP contribution >= 0.6 is 0 Å². The lowest BCUT2D eigenvalue weighted by molar-refractivity contribution is -0.384. The maximum atomic E-state index is 12.6. The summed E-state index contributed by atoms with van der Waals surface area (Å²) >= 11 is 0. The molecule has 0 aromatic heterocycles. The van der Waals surface area contributed by atoms with Crippen LogP contribution in [0.4, 0.5) is 11.4 Å². The van der Waals surface area contributed by atoms with Gasteiger partial charge in [0.2, 0.25) is 5.91 Å². The molecule has 0 bridgehead atoms. The molecule has 1 aliphatic heterocycles. The first-order chi connectivity index (χ1) is 13.9. The van der Waals surface area contributed by atoms with Crippen molar-refractivity contribution in [2.45, 2.75) is 26.8 Å². The molecule has 7 heteroatoms. The number of hydrogen-bond donors (Lipinski definition) is 1. The highest BCUT2D eigenvalue weighted by atomic mass is 16.6. The smallest absolute Gasteiger partial charge is 0.293 e. The van der Waals surface area contributed by atoms with Crippen LogP contribution in [0, 0.1) is 24.0 Å². The van der Waals surface area contributed by atoms with Gasteiger partial charge in [0.1, 0.15) is 5.69 Å². The minimum atomic E-state index is -0.449. The van der Waals surface area contributed by atoms with Gasteiger partial charge in [-0.05, 0) is 50.0 Å². The maximum absolute atomic E-state index is 12.6. The van der Waals surface area contributed by atoms with Gasteiger partial charge in [-0.15, -0.1) is 0 Å². The zero-order chi connectivity index (χ0) is 20.8. The Morgan fingerprint density at radius 3 is 2.45 bits per heavy atom. The van der Waals surface area contributed by atoms with Gasteiger partial charge in [-0.3, -0.25) is 24.7 Å². The molecule has 0 atom stereocenters. The normalized spacial score (nSPS) is 15.7. The Morgan fingerprint density at radius 2 is 1.72 bits per heavy atom. The minimum absolute atomic E-state index is 0.0636. The molecule has 1 amide bonds. The first-order valence-electron chi connectivity index (χ1n) is 9.97. The van der Waals surface area contributed by atoms with Crippen molar-refractivity contribution in [1.82, 2.24) is 9.80 Å². The van der Waals surface area contributed by atoms with Crippen molar-refractivity contribution in [2.75, 3.05) is 38.0 Å². The van der Waals surface area contributed by atoms with E-state index in [1.807, 2.05) is 13.0 Å². The fraction of sp³-hybridized carbons (Fsp3) is 0.409. The van der Waals surface area contributed by atoms with E-state index in [9.17, 15) is 14.9 Å². The van der Waals surface area contributed by atoms with E-state index >= 15 is 0 Å². The van der Waals surface area contributed by atoms with Gasteiger partial charge < -0.3 is 5.32 Å². The number of carbonyl (C=O) groups is 1. The Hall–Kier alpha value is -2.77. The zero-order valence-corrected chi connectivity index (χ0v) is 17.1. The molecule has 2 aromatic carbocycles. The van der Waals surface area contributed by atoms with E-state index < -0.39 is 4.92 Å². The number of nitro benzene ring substituents is 1. The summed E-state index contributed by atoms with van der Waals surface area (Å²) in [6, 6.07) is 13.5. The van der Waals surface area contributed by atoms with Crippen LogP contribution < -0.4 is 5.32 Å². The van der Waals surface area contributed by atoms with E-state index in [4.69, 9.17) is 0 Å². The molecule has 1 fully saturated rings. The summed E-state index contributed by atoms with van der Waals surface area (Å²) in [5, 5.41) is 14.1. The highest BCUT2D eigenvalue weighted by Crippen LogP contribution is 2.30. The third-order valence-corrected chi connectivity index (χ3v) is 5.47. The van der Waals surface area contributed by atoms with Gasteiger partial charge in [0.15, 0.2) is 0 Å². The molecule has 7 nitrogen and oxygen atoms in total. The van der Waals surface area contributed by atoms with Crippen molar-refractivity contribution < 1.29 is 9.72 Å². The number of hydrogen-bond acceptors (Lipinski definition) is 5. The first kappa shape index (κ1) is 21.0. The average molecular weight is 396 g/mol. The summed E-state index contributed by atoms with van der Waals surface area (Å²) in [6.07, 6.45) is 0.990. The molecule has 154 valence electrons. The van der Waals surface area contributed by atoms with Gasteiger partial charge in [0, 0.05) is 25.7 Å². The number of amides is 1. The molecule has 0 radical (unpaired) electrons. The average Bonchev–Trinajstić information content (AvgIpc) is 2.91. The van der Waals surface area contributed by atoms with Gasteiger partial charge in [-0.25, -0.2) is 0 Å². The molecule has 3 rings (SSSR count). The fourth-order valence-electron chi connectivity index (χ4n) is 3.68. The molecule has 0 spiro atoms. The second kappa shape index (κ2) is 9.62. The molecule has 0 unspecified atom stereocenters. The van der Waals surface area contributed by atoms with Gasteiger partial charge in [-0.1, -0.05) is 36.4 Å². The van der Waals surface area contributed by atoms with E-state index in [-0.39, 0.29) is 18.1 Å². The molecular weight excluding hydrogens is 368 g/mol. The highest BCUT2D eigenvalue weighted by Gasteiger charge is 2.22. The Labute approximate surface area is 171 Å².